The quantitative estimate of drug-likeness (QED) is 0.621. The van der Waals surface area contributed by atoms with Gasteiger partial charge >= 0.3 is 0 Å². The first-order valence-corrected chi connectivity index (χ1v) is 5.67. The molecule has 1 spiro atoms. The number of fused-ring (bicyclic) bond motifs is 1. The van der Waals surface area contributed by atoms with E-state index in [2.05, 4.69) is 6.58 Å². The van der Waals surface area contributed by atoms with Crippen molar-refractivity contribution in [1.82, 2.24) is 0 Å². The molecule has 0 saturated heterocycles. The Labute approximate surface area is 84.6 Å². The summed E-state index contributed by atoms with van der Waals surface area (Å²) in [6.45, 7) is 4.38. The van der Waals surface area contributed by atoms with Gasteiger partial charge < -0.3 is 10.2 Å². The highest BCUT2D eigenvalue weighted by atomic mass is 16.3. The third-order valence-corrected chi connectivity index (χ3v) is 5.30. The fourth-order valence-corrected chi connectivity index (χ4v) is 4.68. The fourth-order valence-electron chi connectivity index (χ4n) is 4.68. The van der Waals surface area contributed by atoms with E-state index in [0.717, 1.165) is 19.3 Å². The summed E-state index contributed by atoms with van der Waals surface area (Å²) in [6.07, 6.45) is 5.14. The SMILES string of the molecule is C=C1[C@@H]2C[C@@H](O)[C@]13CCCC[C@]23CO. The summed E-state index contributed by atoms with van der Waals surface area (Å²) in [5.74, 6) is 0.405. The van der Waals surface area contributed by atoms with Crippen LogP contribution in [0.2, 0.25) is 0 Å². The number of hydrogen-bond acceptors (Lipinski definition) is 2. The molecule has 0 aromatic rings. The largest absolute Gasteiger partial charge is 0.396 e. The summed E-state index contributed by atoms with van der Waals surface area (Å²) in [5, 5.41) is 19.8. The lowest BCUT2D eigenvalue weighted by molar-refractivity contribution is -0.123. The highest BCUT2D eigenvalue weighted by Crippen LogP contribution is 2.78. The standard InChI is InChI=1S/C12H18O2/c1-8-9-6-10(14)12(8)5-3-2-4-11(9,12)7-13/h9-10,13-14H,1-7H2/t9-,10+,11-,12-/m0/s1. The number of hydrogen-bond donors (Lipinski definition) is 2. The van der Waals surface area contributed by atoms with Gasteiger partial charge in [0.1, 0.15) is 0 Å². The normalized spacial score (nSPS) is 55.4. The van der Waals surface area contributed by atoms with Gasteiger partial charge in [-0.1, -0.05) is 25.0 Å². The summed E-state index contributed by atoms with van der Waals surface area (Å²) < 4.78 is 0. The zero-order valence-corrected chi connectivity index (χ0v) is 8.50. The van der Waals surface area contributed by atoms with Crippen LogP contribution in [0.15, 0.2) is 12.2 Å². The zero-order chi connectivity index (χ0) is 9.97. The molecule has 0 unspecified atom stereocenters. The summed E-state index contributed by atoms with van der Waals surface area (Å²) in [4.78, 5) is 0. The molecular formula is C12H18O2. The Kier molecular flexibility index (Phi) is 1.54. The Morgan fingerprint density at radius 1 is 1.36 bits per heavy atom. The summed E-state index contributed by atoms with van der Waals surface area (Å²) in [6, 6.07) is 0. The van der Waals surface area contributed by atoms with E-state index in [9.17, 15) is 10.2 Å². The monoisotopic (exact) mass is 194 g/mol. The highest BCUT2D eigenvalue weighted by molar-refractivity contribution is 5.42. The molecule has 0 aromatic carbocycles. The minimum Gasteiger partial charge on any atom is -0.396 e. The Morgan fingerprint density at radius 2 is 2.07 bits per heavy atom. The van der Waals surface area contributed by atoms with E-state index in [4.69, 9.17) is 0 Å². The molecule has 4 saturated carbocycles. The average Bonchev–Trinajstić information content (AvgIpc) is 2.63. The van der Waals surface area contributed by atoms with Crippen LogP contribution in [0.25, 0.3) is 0 Å². The van der Waals surface area contributed by atoms with Crippen molar-refractivity contribution in [1.29, 1.82) is 0 Å². The Balaban J connectivity index is 2.09. The van der Waals surface area contributed by atoms with Crippen molar-refractivity contribution in [3.05, 3.63) is 12.2 Å². The first-order valence-electron chi connectivity index (χ1n) is 5.67. The van der Waals surface area contributed by atoms with Crippen LogP contribution in [0, 0.1) is 16.7 Å². The van der Waals surface area contributed by atoms with Gasteiger partial charge in [-0.15, -0.1) is 0 Å². The third kappa shape index (κ3) is 0.609. The van der Waals surface area contributed by atoms with E-state index in [1.54, 1.807) is 0 Å². The molecule has 0 aromatic heterocycles. The molecule has 4 fully saturated rings. The van der Waals surface area contributed by atoms with Gasteiger partial charge in [-0.2, -0.15) is 0 Å². The summed E-state index contributed by atoms with van der Waals surface area (Å²) in [5.41, 5.74) is 1.16. The van der Waals surface area contributed by atoms with Gasteiger partial charge in [0.15, 0.2) is 0 Å². The molecule has 4 aliphatic rings. The van der Waals surface area contributed by atoms with Crippen molar-refractivity contribution < 1.29 is 10.2 Å². The van der Waals surface area contributed by atoms with Crippen molar-refractivity contribution >= 4 is 0 Å². The van der Waals surface area contributed by atoms with Crippen LogP contribution in [-0.4, -0.2) is 22.9 Å². The van der Waals surface area contributed by atoms with Crippen molar-refractivity contribution in [3.8, 4) is 0 Å². The van der Waals surface area contributed by atoms with Crippen LogP contribution in [0.5, 0.6) is 0 Å². The summed E-state index contributed by atoms with van der Waals surface area (Å²) >= 11 is 0. The molecule has 2 N–H and O–H groups in total. The molecule has 14 heavy (non-hydrogen) atoms. The topological polar surface area (TPSA) is 40.5 Å². The molecule has 0 radical (unpaired) electrons. The maximum Gasteiger partial charge on any atom is 0.0645 e. The lowest BCUT2D eigenvalue weighted by Gasteiger charge is -2.62. The van der Waals surface area contributed by atoms with Crippen molar-refractivity contribution in [3.63, 3.8) is 0 Å². The summed E-state index contributed by atoms with van der Waals surface area (Å²) in [7, 11) is 0. The predicted octanol–water partition coefficient (Wildman–Crippen LogP) is 1.48. The molecule has 0 aliphatic heterocycles. The second-order valence-corrected chi connectivity index (χ2v) is 5.32. The molecule has 2 heteroatoms. The number of aliphatic hydroxyl groups is 2. The van der Waals surface area contributed by atoms with Crippen molar-refractivity contribution in [2.45, 2.75) is 38.2 Å². The molecule has 2 bridgehead atoms. The van der Waals surface area contributed by atoms with Crippen LogP contribution < -0.4 is 0 Å². The zero-order valence-electron chi connectivity index (χ0n) is 8.50. The first kappa shape index (κ1) is 8.93. The lowest BCUT2D eigenvalue weighted by atomic mass is 9.41. The maximum atomic E-state index is 10.1. The second-order valence-electron chi connectivity index (χ2n) is 5.32. The number of aliphatic hydroxyl groups excluding tert-OH is 2. The first-order chi connectivity index (χ1) is 6.69. The van der Waals surface area contributed by atoms with Crippen LogP contribution in [0.3, 0.4) is 0 Å². The van der Waals surface area contributed by atoms with Crippen molar-refractivity contribution in [2.75, 3.05) is 6.61 Å². The predicted molar refractivity (Wildman–Crippen MR) is 53.7 cm³/mol. The van der Waals surface area contributed by atoms with E-state index >= 15 is 0 Å². The molecule has 4 aliphatic carbocycles. The van der Waals surface area contributed by atoms with Gasteiger partial charge in [0.05, 0.1) is 12.7 Å². The van der Waals surface area contributed by atoms with Gasteiger partial charge in [-0.05, 0) is 25.2 Å². The smallest absolute Gasteiger partial charge is 0.0645 e. The van der Waals surface area contributed by atoms with E-state index in [1.165, 1.54) is 18.4 Å². The van der Waals surface area contributed by atoms with Crippen LogP contribution in [0.4, 0.5) is 0 Å². The lowest BCUT2D eigenvalue weighted by Crippen LogP contribution is -2.60. The van der Waals surface area contributed by atoms with E-state index in [0.29, 0.717) is 5.92 Å². The number of rotatable bonds is 1. The van der Waals surface area contributed by atoms with Gasteiger partial charge in [0.25, 0.3) is 0 Å². The fraction of sp³-hybridized carbons (Fsp3) is 0.833. The van der Waals surface area contributed by atoms with E-state index in [-0.39, 0.29) is 23.5 Å². The van der Waals surface area contributed by atoms with Crippen LogP contribution in [-0.2, 0) is 0 Å². The van der Waals surface area contributed by atoms with Crippen LogP contribution >= 0.6 is 0 Å². The van der Waals surface area contributed by atoms with Crippen molar-refractivity contribution in [2.24, 2.45) is 16.7 Å². The Morgan fingerprint density at radius 3 is 2.64 bits per heavy atom. The molecular weight excluding hydrogens is 176 g/mol. The van der Waals surface area contributed by atoms with Gasteiger partial charge in [0, 0.05) is 10.8 Å². The molecule has 0 heterocycles. The Hall–Kier alpha value is -0.340. The molecule has 4 atom stereocenters. The molecule has 2 nitrogen and oxygen atoms in total. The average molecular weight is 194 g/mol. The highest BCUT2D eigenvalue weighted by Gasteiger charge is 2.75. The van der Waals surface area contributed by atoms with Gasteiger partial charge in [0.2, 0.25) is 0 Å². The minimum atomic E-state index is -0.229. The maximum absolute atomic E-state index is 10.1. The Bertz CT molecular complexity index is 299. The van der Waals surface area contributed by atoms with E-state index in [1.807, 2.05) is 0 Å². The third-order valence-electron chi connectivity index (χ3n) is 5.30. The van der Waals surface area contributed by atoms with Crippen LogP contribution in [0.1, 0.15) is 32.1 Å². The second kappa shape index (κ2) is 2.42. The molecule has 4 rings (SSSR count). The van der Waals surface area contributed by atoms with Gasteiger partial charge in [-0.3, -0.25) is 0 Å². The molecule has 78 valence electrons. The van der Waals surface area contributed by atoms with E-state index < -0.39 is 0 Å². The van der Waals surface area contributed by atoms with Gasteiger partial charge in [-0.25, -0.2) is 0 Å². The molecule has 0 amide bonds. The minimum absolute atomic E-state index is 0.0156.